The van der Waals surface area contributed by atoms with E-state index in [4.69, 9.17) is 0 Å². The maximum Gasteiger partial charge on any atom is 0.177 e. The van der Waals surface area contributed by atoms with Gasteiger partial charge in [0.25, 0.3) is 0 Å². The Morgan fingerprint density at radius 3 is 2.93 bits per heavy atom. The Labute approximate surface area is 90.9 Å². The molecule has 0 saturated heterocycles. The first kappa shape index (κ1) is 9.40. The average molecular weight is 252 g/mol. The molecule has 0 fully saturated rings. The third kappa shape index (κ3) is 2.20. The van der Waals surface area contributed by atoms with E-state index in [0.29, 0.717) is 0 Å². The highest BCUT2D eigenvalue weighted by atomic mass is 79.9. The molecule has 2 aromatic heterocycles. The number of aromatic nitrogens is 3. The van der Waals surface area contributed by atoms with Gasteiger partial charge < -0.3 is 4.57 Å². The van der Waals surface area contributed by atoms with Crippen LogP contribution in [0.1, 0.15) is 5.56 Å². The fourth-order valence-electron chi connectivity index (χ4n) is 1.27. The van der Waals surface area contributed by atoms with Crippen molar-refractivity contribution in [1.82, 2.24) is 14.5 Å². The quantitative estimate of drug-likeness (QED) is 0.839. The van der Waals surface area contributed by atoms with E-state index in [2.05, 4.69) is 36.5 Å². The smallest absolute Gasteiger partial charge is 0.177 e. The summed E-state index contributed by atoms with van der Waals surface area (Å²) in [4.78, 5) is 8.16. The first-order chi connectivity index (χ1) is 6.86. The van der Waals surface area contributed by atoms with Crippen molar-refractivity contribution < 1.29 is 0 Å². The van der Waals surface area contributed by atoms with Crippen LogP contribution in [0, 0.1) is 0 Å². The number of pyridine rings is 1. The molecule has 3 nitrogen and oxygen atoms in total. The van der Waals surface area contributed by atoms with Gasteiger partial charge in [0.1, 0.15) is 0 Å². The van der Waals surface area contributed by atoms with Crippen molar-refractivity contribution >= 4 is 15.9 Å². The summed E-state index contributed by atoms with van der Waals surface area (Å²) in [6, 6.07) is 4.04. The van der Waals surface area contributed by atoms with E-state index in [9.17, 15) is 0 Å². The van der Waals surface area contributed by atoms with Gasteiger partial charge in [0.05, 0.1) is 0 Å². The number of aryl methyl sites for hydroxylation is 2. The molecule has 0 aromatic carbocycles. The van der Waals surface area contributed by atoms with Gasteiger partial charge in [0, 0.05) is 31.3 Å². The molecule has 72 valence electrons. The van der Waals surface area contributed by atoms with E-state index in [0.717, 1.165) is 17.7 Å². The van der Waals surface area contributed by atoms with Gasteiger partial charge in [-0.2, -0.15) is 0 Å². The number of nitrogens with zero attached hydrogens (tertiary/aromatic N) is 3. The zero-order valence-electron chi connectivity index (χ0n) is 7.60. The van der Waals surface area contributed by atoms with Crippen LogP contribution in [0.3, 0.4) is 0 Å². The average Bonchev–Trinajstić information content (AvgIpc) is 2.63. The van der Waals surface area contributed by atoms with Crippen LogP contribution < -0.4 is 0 Å². The van der Waals surface area contributed by atoms with Crippen LogP contribution in [0.15, 0.2) is 41.7 Å². The van der Waals surface area contributed by atoms with Gasteiger partial charge in [0.2, 0.25) is 0 Å². The number of hydrogen-bond acceptors (Lipinski definition) is 2. The van der Waals surface area contributed by atoms with Crippen LogP contribution in [-0.2, 0) is 13.0 Å². The van der Waals surface area contributed by atoms with Crippen LogP contribution in [0.5, 0.6) is 0 Å². The molecule has 0 radical (unpaired) electrons. The first-order valence-electron chi connectivity index (χ1n) is 4.42. The van der Waals surface area contributed by atoms with Crippen molar-refractivity contribution in [3.63, 3.8) is 0 Å². The molecular weight excluding hydrogens is 242 g/mol. The lowest BCUT2D eigenvalue weighted by Gasteiger charge is -2.03. The van der Waals surface area contributed by atoms with E-state index in [1.807, 2.05) is 18.5 Å². The van der Waals surface area contributed by atoms with Gasteiger partial charge >= 0.3 is 0 Å². The van der Waals surface area contributed by atoms with Crippen LogP contribution in [0.4, 0.5) is 0 Å². The highest BCUT2D eigenvalue weighted by Gasteiger charge is 1.98. The van der Waals surface area contributed by atoms with Crippen LogP contribution in [-0.4, -0.2) is 14.5 Å². The molecule has 2 rings (SSSR count). The Morgan fingerprint density at radius 2 is 2.29 bits per heavy atom. The predicted octanol–water partition coefficient (Wildman–Crippen LogP) is 2.28. The van der Waals surface area contributed by atoms with Crippen molar-refractivity contribution in [3.05, 3.63) is 47.2 Å². The van der Waals surface area contributed by atoms with Crippen molar-refractivity contribution in [2.24, 2.45) is 0 Å². The standard InChI is InChI=1S/C10H10BrN3/c11-10-13-5-7-14(10)6-3-9-2-1-4-12-8-9/h1-2,4-5,7-8H,3,6H2. The van der Waals surface area contributed by atoms with Gasteiger partial charge in [0.15, 0.2) is 4.73 Å². The first-order valence-corrected chi connectivity index (χ1v) is 5.21. The Balaban J connectivity index is 1.99. The Bertz CT molecular complexity index is 397. The molecule has 2 aromatic rings. The number of imidazole rings is 1. The summed E-state index contributed by atoms with van der Waals surface area (Å²) in [7, 11) is 0. The van der Waals surface area contributed by atoms with E-state index < -0.39 is 0 Å². The van der Waals surface area contributed by atoms with Gasteiger partial charge in [-0.15, -0.1) is 0 Å². The summed E-state index contributed by atoms with van der Waals surface area (Å²) < 4.78 is 2.94. The number of halogens is 1. The molecule has 0 unspecified atom stereocenters. The molecule has 4 heteroatoms. The van der Waals surface area contributed by atoms with Crippen molar-refractivity contribution in [1.29, 1.82) is 0 Å². The minimum absolute atomic E-state index is 0.876. The molecule has 14 heavy (non-hydrogen) atoms. The lowest BCUT2D eigenvalue weighted by molar-refractivity contribution is 0.679. The predicted molar refractivity (Wildman–Crippen MR) is 57.9 cm³/mol. The summed E-state index contributed by atoms with van der Waals surface area (Å²) in [5.74, 6) is 0. The van der Waals surface area contributed by atoms with Gasteiger partial charge in [-0.05, 0) is 34.0 Å². The van der Waals surface area contributed by atoms with Crippen LogP contribution in [0.25, 0.3) is 0 Å². The summed E-state index contributed by atoms with van der Waals surface area (Å²) in [5.41, 5.74) is 1.24. The third-order valence-corrected chi connectivity index (χ3v) is 2.69. The topological polar surface area (TPSA) is 30.7 Å². The molecule has 0 saturated carbocycles. The van der Waals surface area contributed by atoms with Crippen molar-refractivity contribution in [2.75, 3.05) is 0 Å². The number of hydrogen-bond donors (Lipinski definition) is 0. The van der Waals surface area contributed by atoms with Crippen LogP contribution in [0.2, 0.25) is 0 Å². The fraction of sp³-hybridized carbons (Fsp3) is 0.200. The van der Waals surface area contributed by atoms with Crippen molar-refractivity contribution in [3.8, 4) is 0 Å². The molecule has 0 bridgehead atoms. The normalized spacial score (nSPS) is 10.4. The zero-order valence-corrected chi connectivity index (χ0v) is 9.18. The summed E-state index contributed by atoms with van der Waals surface area (Å²) >= 11 is 3.38. The van der Waals surface area contributed by atoms with Gasteiger partial charge in [-0.25, -0.2) is 4.98 Å². The molecule has 0 N–H and O–H groups in total. The Hall–Kier alpha value is -1.16. The molecule has 0 aliphatic rings. The molecule has 0 atom stereocenters. The molecule has 0 aliphatic carbocycles. The van der Waals surface area contributed by atoms with E-state index >= 15 is 0 Å². The molecule has 0 amide bonds. The SMILES string of the molecule is Brc1nccn1CCc1cccnc1. The summed E-state index contributed by atoms with van der Waals surface area (Å²) in [5, 5.41) is 0. The second-order valence-corrected chi connectivity index (χ2v) is 3.71. The monoisotopic (exact) mass is 251 g/mol. The number of rotatable bonds is 3. The largest absolute Gasteiger partial charge is 0.325 e. The highest BCUT2D eigenvalue weighted by molar-refractivity contribution is 9.10. The summed E-state index contributed by atoms with van der Waals surface area (Å²) in [6.45, 7) is 0.923. The van der Waals surface area contributed by atoms with E-state index in [-0.39, 0.29) is 0 Å². The minimum Gasteiger partial charge on any atom is -0.325 e. The second-order valence-electron chi connectivity index (χ2n) is 3.00. The molecular formula is C10H10BrN3. The second kappa shape index (κ2) is 4.37. The minimum atomic E-state index is 0.876. The lowest BCUT2D eigenvalue weighted by atomic mass is 10.2. The van der Waals surface area contributed by atoms with Crippen molar-refractivity contribution in [2.45, 2.75) is 13.0 Å². The Morgan fingerprint density at radius 1 is 1.36 bits per heavy atom. The van der Waals surface area contributed by atoms with E-state index in [1.165, 1.54) is 5.56 Å². The fourth-order valence-corrected chi connectivity index (χ4v) is 1.69. The van der Waals surface area contributed by atoms with Gasteiger partial charge in [-0.3, -0.25) is 4.98 Å². The van der Waals surface area contributed by atoms with Gasteiger partial charge in [-0.1, -0.05) is 6.07 Å². The molecule has 2 heterocycles. The maximum atomic E-state index is 4.09. The summed E-state index contributed by atoms with van der Waals surface area (Å²) in [6.07, 6.45) is 8.40. The third-order valence-electron chi connectivity index (χ3n) is 2.03. The van der Waals surface area contributed by atoms with Crippen LogP contribution >= 0.6 is 15.9 Å². The Kier molecular flexibility index (Phi) is 2.93. The molecule has 0 aliphatic heterocycles. The highest BCUT2D eigenvalue weighted by Crippen LogP contribution is 2.07. The van der Waals surface area contributed by atoms with E-state index in [1.54, 1.807) is 12.4 Å². The molecule has 0 spiro atoms. The maximum absolute atomic E-state index is 4.09. The lowest BCUT2D eigenvalue weighted by Crippen LogP contribution is -2.00. The zero-order chi connectivity index (χ0) is 9.80.